The van der Waals surface area contributed by atoms with E-state index in [4.69, 9.17) is 0 Å². The SMILES string of the molecule is Br[Te](Br)(Br)c1cccs1. The maximum atomic E-state index is 3.60. The molecule has 0 saturated carbocycles. The van der Waals surface area contributed by atoms with E-state index in [1.165, 1.54) is 2.93 Å². The van der Waals surface area contributed by atoms with E-state index in [9.17, 15) is 0 Å². The van der Waals surface area contributed by atoms with Crippen molar-refractivity contribution in [2.75, 3.05) is 0 Å². The normalized spacial score (nSPS) is 13.7. The third kappa shape index (κ3) is 2.80. The van der Waals surface area contributed by atoms with Crippen LogP contribution in [0.1, 0.15) is 0 Å². The Morgan fingerprint density at radius 1 is 1.33 bits per heavy atom. The molecule has 0 unspecified atom stereocenters. The van der Waals surface area contributed by atoms with Crippen molar-refractivity contribution in [1.82, 2.24) is 0 Å². The summed E-state index contributed by atoms with van der Waals surface area (Å²) in [6.07, 6.45) is 0. The van der Waals surface area contributed by atoms with Gasteiger partial charge in [0.05, 0.1) is 0 Å². The number of halogens is 3. The molecule has 0 nitrogen and oxygen atoms in total. The van der Waals surface area contributed by atoms with Gasteiger partial charge in [-0.15, -0.1) is 0 Å². The number of hydrogen-bond acceptors (Lipinski definition) is 1. The molecule has 1 aromatic rings. The fourth-order valence-electron chi connectivity index (χ4n) is 0.395. The molecule has 0 fully saturated rings. The molecule has 1 aromatic heterocycles. The Kier molecular flexibility index (Phi) is 3.56. The molecule has 0 N–H and O–H groups in total. The van der Waals surface area contributed by atoms with Crippen LogP contribution in [-0.2, 0) is 0 Å². The predicted molar refractivity (Wildman–Crippen MR) is 56.5 cm³/mol. The second-order valence-electron chi connectivity index (χ2n) is 1.34. The third-order valence-corrected chi connectivity index (χ3v) is 16.9. The Morgan fingerprint density at radius 2 is 2.00 bits per heavy atom. The molecule has 0 amide bonds. The van der Waals surface area contributed by atoms with Gasteiger partial charge in [0.15, 0.2) is 0 Å². The second-order valence-corrected chi connectivity index (χ2v) is 43.7. The summed E-state index contributed by atoms with van der Waals surface area (Å²) >= 11 is 10.6. The first-order valence-corrected chi connectivity index (χ1v) is 19.8. The van der Waals surface area contributed by atoms with E-state index in [1.807, 2.05) is 0 Å². The topological polar surface area (TPSA) is 0 Å². The van der Waals surface area contributed by atoms with Gasteiger partial charge in [-0.05, 0) is 0 Å². The van der Waals surface area contributed by atoms with Crippen molar-refractivity contribution in [3.05, 3.63) is 17.5 Å². The first kappa shape index (κ1) is 9.02. The zero-order chi connectivity index (χ0) is 6.91. The Morgan fingerprint density at radius 3 is 2.22 bits per heavy atom. The van der Waals surface area contributed by atoms with Gasteiger partial charge in [-0.25, -0.2) is 0 Å². The maximum absolute atomic E-state index is 3.60. The van der Waals surface area contributed by atoms with Crippen LogP contribution in [-0.4, -0.2) is 11.6 Å². The van der Waals surface area contributed by atoms with E-state index in [1.54, 1.807) is 11.3 Å². The predicted octanol–water partition coefficient (Wildman–Crippen LogP) is 3.08. The average Bonchev–Trinajstić information content (AvgIpc) is 2.08. The van der Waals surface area contributed by atoms with Gasteiger partial charge in [0.25, 0.3) is 0 Å². The van der Waals surface area contributed by atoms with E-state index in [0.29, 0.717) is 0 Å². The molecule has 0 bridgehead atoms. The Bertz CT molecular complexity index is 178. The van der Waals surface area contributed by atoms with Gasteiger partial charge in [-0.2, -0.15) is 0 Å². The van der Waals surface area contributed by atoms with Gasteiger partial charge in [0, 0.05) is 0 Å². The van der Waals surface area contributed by atoms with Crippen LogP contribution < -0.4 is 2.93 Å². The van der Waals surface area contributed by atoms with Crippen LogP contribution in [0.3, 0.4) is 0 Å². The van der Waals surface area contributed by atoms with Crippen molar-refractivity contribution in [2.24, 2.45) is 0 Å². The van der Waals surface area contributed by atoms with Crippen LogP contribution in [0.4, 0.5) is 0 Å². The zero-order valence-corrected chi connectivity index (χ0v) is 12.1. The number of thiophene rings is 1. The quantitative estimate of drug-likeness (QED) is 0.577. The molecule has 0 aliphatic heterocycles. The summed E-state index contributed by atoms with van der Waals surface area (Å²) in [7, 11) is 0. The minimum atomic E-state index is -2.00. The Hall–Kier alpha value is 1.93. The van der Waals surface area contributed by atoms with E-state index in [0.717, 1.165) is 0 Å². The van der Waals surface area contributed by atoms with E-state index in [2.05, 4.69) is 55.8 Å². The number of rotatable bonds is 1. The standard InChI is InChI=1S/C4H3Br3STe/c5-9(6,7)4-2-1-3-8-4/h1-3H. The van der Waals surface area contributed by atoms with Crippen molar-refractivity contribution in [1.29, 1.82) is 0 Å². The minimum absolute atomic E-state index is 1.40. The first-order valence-electron chi connectivity index (χ1n) is 2.06. The molecule has 0 saturated heterocycles. The summed E-state index contributed by atoms with van der Waals surface area (Å²) in [5, 5.41) is 2.08. The monoisotopic (exact) mass is 450 g/mol. The Balaban J connectivity index is 2.90. The van der Waals surface area contributed by atoms with E-state index in [-0.39, 0.29) is 0 Å². The molecular formula is C4H3Br3STe. The third-order valence-electron chi connectivity index (χ3n) is 0.723. The zero-order valence-electron chi connectivity index (χ0n) is 4.18. The molecular weight excluding hydrogens is 447 g/mol. The van der Waals surface area contributed by atoms with Crippen molar-refractivity contribution in [3.63, 3.8) is 0 Å². The summed E-state index contributed by atoms with van der Waals surface area (Å²) in [5.74, 6) is 0. The van der Waals surface area contributed by atoms with Crippen molar-refractivity contribution < 1.29 is 0 Å². The molecule has 9 heavy (non-hydrogen) atoms. The van der Waals surface area contributed by atoms with Gasteiger partial charge in [-0.1, -0.05) is 0 Å². The summed E-state index contributed by atoms with van der Waals surface area (Å²) in [5.41, 5.74) is 0. The molecule has 1 rings (SSSR count). The van der Waals surface area contributed by atoms with Crippen molar-refractivity contribution in [2.45, 2.75) is 0 Å². The molecule has 0 aromatic carbocycles. The molecule has 0 aliphatic rings. The van der Waals surface area contributed by atoms with E-state index < -0.39 is 11.6 Å². The number of hydrogen-bond donors (Lipinski definition) is 0. The average molecular weight is 450 g/mol. The van der Waals surface area contributed by atoms with Crippen molar-refractivity contribution >= 4 is 64.1 Å². The molecule has 0 spiro atoms. The van der Waals surface area contributed by atoms with Gasteiger partial charge >= 0.3 is 81.6 Å². The van der Waals surface area contributed by atoms with Gasteiger partial charge in [0.1, 0.15) is 0 Å². The summed E-state index contributed by atoms with van der Waals surface area (Å²) in [6, 6.07) is 4.19. The molecule has 52 valence electrons. The van der Waals surface area contributed by atoms with Crippen LogP contribution in [0.2, 0.25) is 0 Å². The van der Waals surface area contributed by atoms with Crippen LogP contribution in [0.25, 0.3) is 0 Å². The van der Waals surface area contributed by atoms with Crippen LogP contribution >= 0.6 is 49.6 Å². The van der Waals surface area contributed by atoms with Gasteiger partial charge in [0.2, 0.25) is 0 Å². The van der Waals surface area contributed by atoms with E-state index >= 15 is 0 Å². The Labute approximate surface area is 80.2 Å². The van der Waals surface area contributed by atoms with Crippen LogP contribution in [0, 0.1) is 0 Å². The summed E-state index contributed by atoms with van der Waals surface area (Å²) in [6.45, 7) is 0. The molecule has 5 heteroatoms. The van der Waals surface area contributed by atoms with Crippen molar-refractivity contribution in [3.8, 4) is 0 Å². The van der Waals surface area contributed by atoms with Gasteiger partial charge in [-0.3, -0.25) is 0 Å². The summed E-state index contributed by atoms with van der Waals surface area (Å²) in [4.78, 5) is 0. The fraction of sp³-hybridized carbons (Fsp3) is 0. The first-order chi connectivity index (χ1) is 4.11. The van der Waals surface area contributed by atoms with Crippen LogP contribution in [0.5, 0.6) is 0 Å². The molecule has 0 radical (unpaired) electrons. The molecule has 0 atom stereocenters. The molecule has 0 aliphatic carbocycles. The summed E-state index contributed by atoms with van der Waals surface area (Å²) < 4.78 is 1.40. The molecule has 1 heterocycles. The van der Waals surface area contributed by atoms with Gasteiger partial charge < -0.3 is 0 Å². The van der Waals surface area contributed by atoms with Crippen LogP contribution in [0.15, 0.2) is 17.5 Å². The second kappa shape index (κ2) is 3.55. The fourth-order valence-corrected chi connectivity index (χ4v) is 9.81.